The number of aryl methyl sites for hydroxylation is 1. The van der Waals surface area contributed by atoms with E-state index in [4.69, 9.17) is 0 Å². The van der Waals surface area contributed by atoms with Gasteiger partial charge in [0.1, 0.15) is 5.82 Å². The van der Waals surface area contributed by atoms with Crippen LogP contribution in [0.15, 0.2) is 30.3 Å². The number of hydrogen-bond donors (Lipinski definition) is 0. The molecule has 0 aliphatic heterocycles. The Morgan fingerprint density at radius 1 is 1.12 bits per heavy atom. The fraction of sp³-hybridized carbons (Fsp3) is 0.250. The van der Waals surface area contributed by atoms with Crippen molar-refractivity contribution in [3.63, 3.8) is 0 Å². The summed E-state index contributed by atoms with van der Waals surface area (Å²) in [5.41, 5.74) is 1.59. The van der Waals surface area contributed by atoms with E-state index in [1.54, 1.807) is 6.07 Å². The Morgan fingerprint density at radius 2 is 1.88 bits per heavy atom. The molecule has 0 aromatic heterocycles. The number of rotatable bonds is 0. The summed E-state index contributed by atoms with van der Waals surface area (Å²) in [6, 6.07) is 9.25. The SMILES string of the molecule is Cc1cccc2ccc(F)c(C#CC(C)C)c12. The monoisotopic (exact) mass is 226 g/mol. The van der Waals surface area contributed by atoms with E-state index >= 15 is 0 Å². The molecule has 0 saturated carbocycles. The van der Waals surface area contributed by atoms with E-state index in [2.05, 4.69) is 11.8 Å². The highest BCUT2D eigenvalue weighted by atomic mass is 19.1. The molecule has 0 radical (unpaired) electrons. The van der Waals surface area contributed by atoms with Crippen LogP contribution in [0.3, 0.4) is 0 Å². The van der Waals surface area contributed by atoms with Crippen molar-refractivity contribution in [2.24, 2.45) is 5.92 Å². The normalized spacial score (nSPS) is 10.4. The van der Waals surface area contributed by atoms with Gasteiger partial charge in [-0.3, -0.25) is 0 Å². The number of fused-ring (bicyclic) bond motifs is 1. The highest BCUT2D eigenvalue weighted by molar-refractivity contribution is 5.91. The third-order valence-corrected chi connectivity index (χ3v) is 2.69. The summed E-state index contributed by atoms with van der Waals surface area (Å²) in [4.78, 5) is 0. The largest absolute Gasteiger partial charge is 0.206 e. The minimum atomic E-state index is -0.236. The van der Waals surface area contributed by atoms with Crippen molar-refractivity contribution in [2.75, 3.05) is 0 Å². The van der Waals surface area contributed by atoms with E-state index in [0.717, 1.165) is 16.3 Å². The Labute approximate surface area is 101 Å². The first-order chi connectivity index (χ1) is 8.09. The van der Waals surface area contributed by atoms with Crippen molar-refractivity contribution in [1.29, 1.82) is 0 Å². The van der Waals surface area contributed by atoms with Crippen molar-refractivity contribution in [1.82, 2.24) is 0 Å². The number of halogens is 1. The van der Waals surface area contributed by atoms with Crippen LogP contribution in [-0.2, 0) is 0 Å². The molecule has 17 heavy (non-hydrogen) atoms. The van der Waals surface area contributed by atoms with Gasteiger partial charge in [0.15, 0.2) is 0 Å². The summed E-state index contributed by atoms with van der Waals surface area (Å²) in [7, 11) is 0. The van der Waals surface area contributed by atoms with Crippen LogP contribution < -0.4 is 0 Å². The van der Waals surface area contributed by atoms with Gasteiger partial charge in [-0.05, 0) is 23.9 Å². The van der Waals surface area contributed by atoms with Gasteiger partial charge in [0.25, 0.3) is 0 Å². The lowest BCUT2D eigenvalue weighted by Crippen LogP contribution is -1.90. The van der Waals surface area contributed by atoms with Gasteiger partial charge in [0.05, 0.1) is 5.56 Å². The van der Waals surface area contributed by atoms with Gasteiger partial charge in [-0.1, -0.05) is 50.0 Å². The molecule has 0 spiro atoms. The van der Waals surface area contributed by atoms with Gasteiger partial charge in [-0.15, -0.1) is 0 Å². The van der Waals surface area contributed by atoms with E-state index in [1.165, 1.54) is 6.07 Å². The molecule has 0 fully saturated rings. The molecule has 0 saturated heterocycles. The second kappa shape index (κ2) is 4.59. The van der Waals surface area contributed by atoms with Crippen molar-refractivity contribution in [2.45, 2.75) is 20.8 Å². The molecule has 0 heterocycles. The molecule has 0 aliphatic carbocycles. The third kappa shape index (κ3) is 2.31. The third-order valence-electron chi connectivity index (χ3n) is 2.69. The van der Waals surface area contributed by atoms with E-state index in [1.807, 2.05) is 39.0 Å². The highest BCUT2D eigenvalue weighted by Crippen LogP contribution is 2.24. The maximum absolute atomic E-state index is 13.8. The van der Waals surface area contributed by atoms with Crippen LogP contribution in [0.4, 0.5) is 4.39 Å². The van der Waals surface area contributed by atoms with Crippen LogP contribution in [0.1, 0.15) is 25.0 Å². The standard InChI is InChI=1S/C16H15F/c1-11(2)7-9-14-15(17)10-8-13-6-4-5-12(3)16(13)14/h4-6,8,10-11H,1-3H3. The van der Waals surface area contributed by atoms with Crippen molar-refractivity contribution in [3.05, 3.63) is 47.3 Å². The summed E-state index contributed by atoms with van der Waals surface area (Å²) < 4.78 is 13.8. The maximum Gasteiger partial charge on any atom is 0.139 e. The molecule has 0 aliphatic rings. The van der Waals surface area contributed by atoms with Gasteiger partial charge in [0, 0.05) is 11.3 Å². The Kier molecular flexibility index (Phi) is 3.15. The molecule has 0 unspecified atom stereocenters. The van der Waals surface area contributed by atoms with E-state index in [9.17, 15) is 4.39 Å². The second-order valence-electron chi connectivity index (χ2n) is 4.52. The van der Waals surface area contributed by atoms with Crippen molar-refractivity contribution >= 4 is 10.8 Å². The van der Waals surface area contributed by atoms with E-state index in [-0.39, 0.29) is 11.7 Å². The fourth-order valence-corrected chi connectivity index (χ4v) is 1.88. The predicted molar refractivity (Wildman–Crippen MR) is 70.4 cm³/mol. The summed E-state index contributed by atoms with van der Waals surface area (Å²) in [5, 5.41) is 1.97. The molecule has 2 aromatic rings. The number of benzene rings is 2. The Bertz CT molecular complexity index is 612. The first kappa shape index (κ1) is 11.7. The van der Waals surface area contributed by atoms with Crippen LogP contribution in [-0.4, -0.2) is 0 Å². The molecule has 2 aromatic carbocycles. The lowest BCUT2D eigenvalue weighted by molar-refractivity contribution is 0.626. The minimum absolute atomic E-state index is 0.236. The number of hydrogen-bond acceptors (Lipinski definition) is 0. The molecule has 0 N–H and O–H groups in total. The zero-order valence-electron chi connectivity index (χ0n) is 10.3. The smallest absolute Gasteiger partial charge is 0.139 e. The average Bonchev–Trinajstić information content (AvgIpc) is 2.28. The van der Waals surface area contributed by atoms with Gasteiger partial charge < -0.3 is 0 Å². The highest BCUT2D eigenvalue weighted by Gasteiger charge is 2.07. The van der Waals surface area contributed by atoms with E-state index in [0.29, 0.717) is 5.56 Å². The van der Waals surface area contributed by atoms with Crippen LogP contribution in [0.5, 0.6) is 0 Å². The molecule has 0 atom stereocenters. The summed E-state index contributed by atoms with van der Waals surface area (Å²) in [6.07, 6.45) is 0. The first-order valence-corrected chi connectivity index (χ1v) is 5.79. The molecule has 1 heteroatoms. The van der Waals surface area contributed by atoms with Gasteiger partial charge in [-0.25, -0.2) is 4.39 Å². The van der Waals surface area contributed by atoms with Crippen LogP contribution >= 0.6 is 0 Å². The zero-order valence-corrected chi connectivity index (χ0v) is 10.3. The van der Waals surface area contributed by atoms with Crippen molar-refractivity contribution in [3.8, 4) is 11.8 Å². The Morgan fingerprint density at radius 3 is 2.59 bits per heavy atom. The lowest BCUT2D eigenvalue weighted by Gasteiger charge is -2.05. The molecule has 86 valence electrons. The minimum Gasteiger partial charge on any atom is -0.206 e. The summed E-state index contributed by atoms with van der Waals surface area (Å²) in [5.74, 6) is 6.01. The zero-order chi connectivity index (χ0) is 12.4. The second-order valence-corrected chi connectivity index (χ2v) is 4.52. The van der Waals surface area contributed by atoms with Crippen LogP contribution in [0.25, 0.3) is 10.8 Å². The molecule has 2 rings (SSSR count). The first-order valence-electron chi connectivity index (χ1n) is 5.79. The molecular weight excluding hydrogens is 211 g/mol. The molecule has 0 bridgehead atoms. The Balaban J connectivity index is 2.77. The van der Waals surface area contributed by atoms with Crippen molar-refractivity contribution < 1.29 is 4.39 Å². The average molecular weight is 226 g/mol. The fourth-order valence-electron chi connectivity index (χ4n) is 1.88. The summed E-state index contributed by atoms with van der Waals surface area (Å²) >= 11 is 0. The molecular formula is C16H15F. The van der Waals surface area contributed by atoms with Crippen LogP contribution in [0.2, 0.25) is 0 Å². The molecule has 0 nitrogen and oxygen atoms in total. The van der Waals surface area contributed by atoms with E-state index < -0.39 is 0 Å². The topological polar surface area (TPSA) is 0 Å². The predicted octanol–water partition coefficient (Wildman–Crippen LogP) is 4.29. The van der Waals surface area contributed by atoms with Gasteiger partial charge in [-0.2, -0.15) is 0 Å². The Hall–Kier alpha value is -1.81. The lowest BCUT2D eigenvalue weighted by atomic mass is 9.99. The van der Waals surface area contributed by atoms with Gasteiger partial charge >= 0.3 is 0 Å². The van der Waals surface area contributed by atoms with Crippen LogP contribution in [0, 0.1) is 30.5 Å². The summed E-state index contributed by atoms with van der Waals surface area (Å²) in [6.45, 7) is 5.99. The van der Waals surface area contributed by atoms with Gasteiger partial charge in [0.2, 0.25) is 0 Å². The quantitative estimate of drug-likeness (QED) is 0.588. The maximum atomic E-state index is 13.8. The molecule has 0 amide bonds.